The summed E-state index contributed by atoms with van der Waals surface area (Å²) in [4.78, 5) is 14.8. The molecule has 14 aromatic rings. The molecule has 0 saturated carbocycles. The Kier molecular flexibility index (Phi) is 12.5. The standard InChI is InChI=1S/C74H52N6/c1-5-17-61(18-6-1)73-71(75-69-25-13-15-51-77(69)73)59-31-27-53(28-32-59)55-35-43-65(44-36-55)79(63-21-9-3-10-22-63)67-47-39-57(40-48-67)58-41-49-68(50-42-58)80(64-23-11-4-12-24-64)66-45-37-56(38-46-66)54-29-33-60(34-30-54)72-74(62-19-7-2-8-20-62)78-52-16-14-26-70(78)76-72/h1-52H. The lowest BCUT2D eigenvalue weighted by Gasteiger charge is -2.26. The van der Waals surface area contributed by atoms with Crippen molar-refractivity contribution in [3.8, 4) is 78.4 Å². The first-order valence-corrected chi connectivity index (χ1v) is 27.0. The van der Waals surface area contributed by atoms with Gasteiger partial charge in [0.05, 0.1) is 22.8 Å². The second-order valence-corrected chi connectivity index (χ2v) is 19.9. The van der Waals surface area contributed by atoms with E-state index in [1.165, 1.54) is 0 Å². The molecule has 0 aliphatic heterocycles. The van der Waals surface area contributed by atoms with E-state index in [4.69, 9.17) is 9.97 Å². The molecule has 0 bridgehead atoms. The fraction of sp³-hybridized carbons (Fsp3) is 0. The minimum Gasteiger partial charge on any atom is -0.311 e. The Morgan fingerprint density at radius 2 is 0.438 bits per heavy atom. The van der Waals surface area contributed by atoms with Crippen LogP contribution in [-0.4, -0.2) is 18.8 Å². The van der Waals surface area contributed by atoms with Gasteiger partial charge in [-0.15, -0.1) is 0 Å². The van der Waals surface area contributed by atoms with Crippen LogP contribution < -0.4 is 9.80 Å². The summed E-state index contributed by atoms with van der Waals surface area (Å²) in [6.45, 7) is 0. The van der Waals surface area contributed by atoms with E-state index in [0.29, 0.717) is 0 Å². The van der Waals surface area contributed by atoms with Crippen LogP contribution in [0.1, 0.15) is 0 Å². The molecule has 14 rings (SSSR count). The lowest BCUT2D eigenvalue weighted by Crippen LogP contribution is -2.10. The maximum Gasteiger partial charge on any atom is 0.137 e. The molecule has 6 nitrogen and oxygen atoms in total. The SMILES string of the molecule is c1ccc(-c2c(-c3ccc(-c4ccc(N(c5ccccc5)c5ccc(-c6ccc(N(c7ccccc7)c7ccc(-c8ccc(-c9nc%10ccccn%10c9-c9ccccc9)cc8)cc7)cc6)cc5)cc4)cc3)nc3ccccn23)cc1. The molecule has 0 aliphatic carbocycles. The second-order valence-electron chi connectivity index (χ2n) is 19.9. The summed E-state index contributed by atoms with van der Waals surface area (Å²) < 4.78 is 4.35. The average molecular weight is 1030 g/mol. The van der Waals surface area contributed by atoms with Crippen molar-refractivity contribution >= 4 is 45.4 Å². The normalized spacial score (nSPS) is 11.2. The molecule has 0 radical (unpaired) electrons. The maximum atomic E-state index is 5.08. The van der Waals surface area contributed by atoms with Gasteiger partial charge in [0.1, 0.15) is 11.3 Å². The molecule has 4 aromatic heterocycles. The van der Waals surface area contributed by atoms with Crippen molar-refractivity contribution in [2.24, 2.45) is 0 Å². The summed E-state index contributed by atoms with van der Waals surface area (Å²) >= 11 is 0. The van der Waals surface area contributed by atoms with E-state index >= 15 is 0 Å². The van der Waals surface area contributed by atoms with Crippen molar-refractivity contribution in [3.05, 3.63) is 316 Å². The molecule has 0 aliphatic rings. The molecule has 0 spiro atoms. The van der Waals surface area contributed by atoms with E-state index in [1.807, 2.05) is 12.1 Å². The van der Waals surface area contributed by atoms with Gasteiger partial charge in [0, 0.05) is 68.8 Å². The van der Waals surface area contributed by atoms with Crippen LogP contribution in [0.4, 0.5) is 34.1 Å². The number of benzene rings is 10. The quantitative estimate of drug-likeness (QED) is 0.115. The van der Waals surface area contributed by atoms with Crippen LogP contribution in [0.5, 0.6) is 0 Å². The molecule has 0 atom stereocenters. The van der Waals surface area contributed by atoms with E-state index in [1.54, 1.807) is 0 Å². The van der Waals surface area contributed by atoms with Crippen molar-refractivity contribution in [1.82, 2.24) is 18.8 Å². The number of hydrogen-bond acceptors (Lipinski definition) is 4. The molecule has 0 fully saturated rings. The number of rotatable bonds is 13. The highest BCUT2D eigenvalue weighted by Crippen LogP contribution is 2.41. The Hall–Kier alpha value is -10.8. The lowest BCUT2D eigenvalue weighted by atomic mass is 10.00. The Bertz CT molecular complexity index is 4100. The zero-order valence-corrected chi connectivity index (χ0v) is 43.7. The van der Waals surface area contributed by atoms with E-state index < -0.39 is 0 Å². The van der Waals surface area contributed by atoms with Crippen molar-refractivity contribution in [2.45, 2.75) is 0 Å². The highest BCUT2D eigenvalue weighted by molar-refractivity contribution is 5.87. The zero-order valence-electron chi connectivity index (χ0n) is 43.7. The highest BCUT2D eigenvalue weighted by Gasteiger charge is 2.20. The molecular formula is C74H52N6. The van der Waals surface area contributed by atoms with Gasteiger partial charge < -0.3 is 9.80 Å². The Balaban J connectivity index is 0.701. The minimum absolute atomic E-state index is 0.927. The Labute approximate surface area is 465 Å². The number of para-hydroxylation sites is 2. The summed E-state index contributed by atoms with van der Waals surface area (Å²) in [7, 11) is 0. The summed E-state index contributed by atoms with van der Waals surface area (Å²) in [6, 6.07) is 108. The molecule has 4 heterocycles. The fourth-order valence-electron chi connectivity index (χ4n) is 11.0. The number of aromatic nitrogens is 4. The van der Waals surface area contributed by atoms with Crippen molar-refractivity contribution < 1.29 is 0 Å². The predicted octanol–water partition coefficient (Wildman–Crippen LogP) is 19.6. The third kappa shape index (κ3) is 9.16. The third-order valence-corrected chi connectivity index (χ3v) is 15.0. The number of pyridine rings is 2. The van der Waals surface area contributed by atoms with Crippen molar-refractivity contribution in [2.75, 3.05) is 9.80 Å². The minimum atomic E-state index is 0.927. The zero-order chi connectivity index (χ0) is 53.2. The van der Waals surface area contributed by atoms with E-state index in [2.05, 4.69) is 322 Å². The average Bonchev–Trinajstić information content (AvgIpc) is 4.23. The van der Waals surface area contributed by atoms with Crippen molar-refractivity contribution in [1.29, 1.82) is 0 Å². The van der Waals surface area contributed by atoms with Crippen LogP contribution in [0, 0.1) is 0 Å². The number of anilines is 6. The van der Waals surface area contributed by atoms with Gasteiger partial charge in [0.15, 0.2) is 0 Å². The first kappa shape index (κ1) is 47.6. The van der Waals surface area contributed by atoms with Crippen LogP contribution in [0.3, 0.4) is 0 Å². The molecule has 0 saturated heterocycles. The molecule has 80 heavy (non-hydrogen) atoms. The maximum absolute atomic E-state index is 5.08. The number of nitrogens with zero attached hydrogens (tertiary/aromatic N) is 6. The van der Waals surface area contributed by atoms with Gasteiger partial charge >= 0.3 is 0 Å². The van der Waals surface area contributed by atoms with Crippen LogP contribution >= 0.6 is 0 Å². The summed E-state index contributed by atoms with van der Waals surface area (Å²) in [5, 5.41) is 0. The molecule has 0 N–H and O–H groups in total. The Morgan fingerprint density at radius 1 is 0.200 bits per heavy atom. The molecule has 6 heteroatoms. The van der Waals surface area contributed by atoms with Crippen LogP contribution in [0.25, 0.3) is 89.7 Å². The van der Waals surface area contributed by atoms with Gasteiger partial charge in [-0.2, -0.15) is 0 Å². The highest BCUT2D eigenvalue weighted by atomic mass is 15.1. The lowest BCUT2D eigenvalue weighted by molar-refractivity contribution is 1.19. The fourth-order valence-corrected chi connectivity index (χ4v) is 11.0. The smallest absolute Gasteiger partial charge is 0.137 e. The van der Waals surface area contributed by atoms with E-state index in [0.717, 1.165) is 124 Å². The molecule has 10 aromatic carbocycles. The molecule has 378 valence electrons. The second kappa shape index (κ2) is 21.0. The van der Waals surface area contributed by atoms with E-state index in [9.17, 15) is 0 Å². The van der Waals surface area contributed by atoms with E-state index in [-0.39, 0.29) is 0 Å². The molecular weight excluding hydrogens is 973 g/mol. The summed E-state index contributed by atoms with van der Waals surface area (Å²) in [5.74, 6) is 0. The van der Waals surface area contributed by atoms with Crippen molar-refractivity contribution in [3.63, 3.8) is 0 Å². The number of imidazole rings is 2. The first-order chi connectivity index (χ1) is 39.7. The van der Waals surface area contributed by atoms with Gasteiger partial charge in [0.25, 0.3) is 0 Å². The number of hydrogen-bond donors (Lipinski definition) is 0. The topological polar surface area (TPSA) is 41.1 Å². The first-order valence-electron chi connectivity index (χ1n) is 27.0. The van der Waals surface area contributed by atoms with Crippen LogP contribution in [0.15, 0.2) is 316 Å². The monoisotopic (exact) mass is 1020 g/mol. The molecule has 0 unspecified atom stereocenters. The summed E-state index contributed by atoms with van der Waals surface area (Å²) in [6.07, 6.45) is 4.17. The van der Waals surface area contributed by atoms with Gasteiger partial charge in [0.2, 0.25) is 0 Å². The summed E-state index contributed by atoms with van der Waals surface area (Å²) in [5.41, 5.74) is 23.8. The predicted molar refractivity (Wildman–Crippen MR) is 331 cm³/mol. The van der Waals surface area contributed by atoms with Gasteiger partial charge in [-0.1, -0.05) is 206 Å². The molecule has 0 amide bonds. The van der Waals surface area contributed by atoms with Gasteiger partial charge in [-0.3, -0.25) is 8.80 Å². The van der Waals surface area contributed by atoms with Gasteiger partial charge in [-0.05, 0) is 130 Å². The van der Waals surface area contributed by atoms with Crippen LogP contribution in [-0.2, 0) is 0 Å². The largest absolute Gasteiger partial charge is 0.311 e. The number of fused-ring (bicyclic) bond motifs is 2. The Morgan fingerprint density at radius 3 is 0.738 bits per heavy atom. The van der Waals surface area contributed by atoms with Crippen LogP contribution in [0.2, 0.25) is 0 Å². The third-order valence-electron chi connectivity index (χ3n) is 15.0. The van der Waals surface area contributed by atoms with Gasteiger partial charge in [-0.25, -0.2) is 9.97 Å².